The molecule has 0 aliphatic rings. The first kappa shape index (κ1) is 11.9. The smallest absolute Gasteiger partial charge is 0.203 e. The molecule has 0 aliphatic carbocycles. The summed E-state index contributed by atoms with van der Waals surface area (Å²) in [4.78, 5) is 1.37. The first-order chi connectivity index (χ1) is 8.33. The third-order valence-electron chi connectivity index (χ3n) is 2.58. The van der Waals surface area contributed by atoms with Crippen LogP contribution in [0.15, 0.2) is 28.0 Å². The third kappa shape index (κ3) is 2.96. The predicted molar refractivity (Wildman–Crippen MR) is 67.7 cm³/mol. The van der Waals surface area contributed by atoms with Crippen molar-refractivity contribution in [2.24, 2.45) is 0 Å². The van der Waals surface area contributed by atoms with Crippen molar-refractivity contribution in [3.63, 3.8) is 0 Å². The number of hydrogen-bond acceptors (Lipinski definition) is 4. The lowest BCUT2D eigenvalue weighted by molar-refractivity contribution is 0.474. The number of nitrogens with zero attached hydrogens (tertiary/aromatic N) is 1. The van der Waals surface area contributed by atoms with Crippen LogP contribution in [-0.2, 0) is 19.5 Å². The summed E-state index contributed by atoms with van der Waals surface area (Å²) in [5.74, 6) is 1.17. The lowest BCUT2D eigenvalue weighted by Crippen LogP contribution is -2.12. The van der Waals surface area contributed by atoms with E-state index in [1.54, 1.807) is 17.4 Å². The summed E-state index contributed by atoms with van der Waals surface area (Å²) in [5, 5.41) is 14.1. The van der Waals surface area contributed by atoms with Gasteiger partial charge in [-0.15, -0.1) is 11.3 Å². The van der Waals surface area contributed by atoms with Crippen molar-refractivity contribution in [1.29, 1.82) is 5.26 Å². The molecule has 0 aliphatic heterocycles. The zero-order chi connectivity index (χ0) is 12.1. The fraction of sp³-hybridized carbons (Fsp3) is 0.308. The molecule has 0 saturated heterocycles. The molecule has 88 valence electrons. The molecule has 0 saturated carbocycles. The number of furan rings is 1. The Balaban J connectivity index is 1.85. The molecule has 2 aromatic heterocycles. The average Bonchev–Trinajstić information content (AvgIpc) is 2.97. The van der Waals surface area contributed by atoms with E-state index in [0.717, 1.165) is 18.7 Å². The van der Waals surface area contributed by atoms with E-state index in [1.807, 2.05) is 12.1 Å². The molecule has 2 heterocycles. The maximum atomic E-state index is 8.63. The summed E-state index contributed by atoms with van der Waals surface area (Å²) >= 11 is 1.77. The summed E-state index contributed by atoms with van der Waals surface area (Å²) in [6.07, 6.45) is 1.07. The largest absolute Gasteiger partial charge is 0.449 e. The van der Waals surface area contributed by atoms with Crippen LogP contribution in [0.5, 0.6) is 0 Å². The minimum Gasteiger partial charge on any atom is -0.449 e. The summed E-state index contributed by atoms with van der Waals surface area (Å²) in [5.41, 5.74) is 1.40. The van der Waals surface area contributed by atoms with E-state index in [9.17, 15) is 0 Å². The number of aryl methyl sites for hydroxylation is 1. The first-order valence-corrected chi connectivity index (χ1v) is 6.46. The van der Waals surface area contributed by atoms with Gasteiger partial charge in [-0.1, -0.05) is 6.92 Å². The Bertz CT molecular complexity index is 522. The molecule has 17 heavy (non-hydrogen) atoms. The van der Waals surface area contributed by atoms with Gasteiger partial charge in [0.15, 0.2) is 0 Å². The fourth-order valence-corrected chi connectivity index (χ4v) is 2.62. The molecular formula is C13H14N2OS. The summed E-state index contributed by atoms with van der Waals surface area (Å²) < 4.78 is 5.29. The highest BCUT2D eigenvalue weighted by molar-refractivity contribution is 7.10. The minimum atomic E-state index is 0.368. The third-order valence-corrected chi connectivity index (χ3v) is 3.54. The first-order valence-electron chi connectivity index (χ1n) is 5.58. The van der Waals surface area contributed by atoms with Crippen LogP contribution < -0.4 is 5.32 Å². The highest BCUT2D eigenvalue weighted by Gasteiger charge is 2.03. The van der Waals surface area contributed by atoms with Crippen molar-refractivity contribution in [1.82, 2.24) is 5.32 Å². The van der Waals surface area contributed by atoms with Crippen LogP contribution in [0.4, 0.5) is 0 Å². The SMILES string of the molecule is CCc1ccsc1CNCc1ccc(C#N)o1. The van der Waals surface area contributed by atoms with E-state index in [-0.39, 0.29) is 0 Å². The zero-order valence-corrected chi connectivity index (χ0v) is 10.5. The second-order valence-corrected chi connectivity index (χ2v) is 4.70. The van der Waals surface area contributed by atoms with Gasteiger partial charge in [0, 0.05) is 11.4 Å². The number of rotatable bonds is 5. The normalized spacial score (nSPS) is 10.4. The molecule has 3 nitrogen and oxygen atoms in total. The maximum Gasteiger partial charge on any atom is 0.203 e. The number of thiophene rings is 1. The Morgan fingerprint density at radius 2 is 2.24 bits per heavy atom. The van der Waals surface area contributed by atoms with Gasteiger partial charge in [-0.2, -0.15) is 5.26 Å². The quantitative estimate of drug-likeness (QED) is 0.882. The van der Waals surface area contributed by atoms with Crippen LogP contribution >= 0.6 is 11.3 Å². The lowest BCUT2D eigenvalue weighted by atomic mass is 10.2. The fourth-order valence-electron chi connectivity index (χ4n) is 1.67. The van der Waals surface area contributed by atoms with Crippen molar-refractivity contribution >= 4 is 11.3 Å². The van der Waals surface area contributed by atoms with Crippen LogP contribution in [-0.4, -0.2) is 0 Å². The molecule has 0 aromatic carbocycles. The van der Waals surface area contributed by atoms with Crippen LogP contribution in [0.25, 0.3) is 0 Å². The Morgan fingerprint density at radius 1 is 1.35 bits per heavy atom. The van der Waals surface area contributed by atoms with Crippen LogP contribution in [0, 0.1) is 11.3 Å². The van der Waals surface area contributed by atoms with Gasteiger partial charge < -0.3 is 9.73 Å². The van der Waals surface area contributed by atoms with Gasteiger partial charge in [0.2, 0.25) is 5.76 Å². The standard InChI is InChI=1S/C13H14N2OS/c1-2-10-5-6-17-13(10)9-15-8-12-4-3-11(7-14)16-12/h3-6,15H,2,8-9H2,1H3. The Labute approximate surface area is 105 Å². The molecule has 0 fully saturated rings. The van der Waals surface area contributed by atoms with Gasteiger partial charge >= 0.3 is 0 Å². The monoisotopic (exact) mass is 246 g/mol. The average molecular weight is 246 g/mol. The van der Waals surface area contributed by atoms with Crippen molar-refractivity contribution in [3.8, 4) is 6.07 Å². The predicted octanol–water partition coefficient (Wildman–Crippen LogP) is 3.06. The minimum absolute atomic E-state index is 0.368. The number of hydrogen-bond donors (Lipinski definition) is 1. The van der Waals surface area contributed by atoms with Crippen molar-refractivity contribution in [3.05, 3.63) is 45.5 Å². The van der Waals surface area contributed by atoms with E-state index in [1.165, 1.54) is 10.4 Å². The van der Waals surface area contributed by atoms with E-state index in [2.05, 4.69) is 23.7 Å². The van der Waals surface area contributed by atoms with Gasteiger partial charge in [0.25, 0.3) is 0 Å². The molecule has 0 bridgehead atoms. The van der Waals surface area contributed by atoms with Crippen LogP contribution in [0.2, 0.25) is 0 Å². The second kappa shape index (κ2) is 5.67. The Hall–Kier alpha value is -1.57. The van der Waals surface area contributed by atoms with Crippen LogP contribution in [0.3, 0.4) is 0 Å². The molecule has 0 atom stereocenters. The zero-order valence-electron chi connectivity index (χ0n) is 9.69. The Kier molecular flexibility index (Phi) is 3.97. The molecule has 0 spiro atoms. The van der Waals surface area contributed by atoms with Gasteiger partial charge in [-0.25, -0.2) is 0 Å². The van der Waals surface area contributed by atoms with Gasteiger partial charge in [0.1, 0.15) is 11.8 Å². The summed E-state index contributed by atoms with van der Waals surface area (Å²) in [6.45, 7) is 3.67. The molecule has 0 unspecified atom stereocenters. The summed E-state index contributed by atoms with van der Waals surface area (Å²) in [6, 6.07) is 7.67. The van der Waals surface area contributed by atoms with E-state index in [0.29, 0.717) is 12.3 Å². The van der Waals surface area contributed by atoms with Gasteiger partial charge in [0.05, 0.1) is 6.54 Å². The van der Waals surface area contributed by atoms with Crippen LogP contribution in [0.1, 0.15) is 28.9 Å². The molecule has 0 amide bonds. The van der Waals surface area contributed by atoms with Gasteiger partial charge in [-0.3, -0.25) is 0 Å². The topological polar surface area (TPSA) is 49.0 Å². The molecule has 2 rings (SSSR count). The highest BCUT2D eigenvalue weighted by Crippen LogP contribution is 2.17. The molecular weight excluding hydrogens is 232 g/mol. The molecule has 4 heteroatoms. The van der Waals surface area contributed by atoms with Gasteiger partial charge in [-0.05, 0) is 35.6 Å². The van der Waals surface area contributed by atoms with E-state index < -0.39 is 0 Å². The Morgan fingerprint density at radius 3 is 2.94 bits per heavy atom. The van der Waals surface area contributed by atoms with E-state index >= 15 is 0 Å². The van der Waals surface area contributed by atoms with Crippen molar-refractivity contribution < 1.29 is 4.42 Å². The summed E-state index contributed by atoms with van der Waals surface area (Å²) in [7, 11) is 0. The molecule has 1 N–H and O–H groups in total. The van der Waals surface area contributed by atoms with Crippen molar-refractivity contribution in [2.75, 3.05) is 0 Å². The number of nitrogens with one attached hydrogen (secondary N) is 1. The molecule has 0 radical (unpaired) electrons. The lowest BCUT2D eigenvalue weighted by Gasteiger charge is -2.02. The number of nitriles is 1. The second-order valence-electron chi connectivity index (χ2n) is 3.70. The van der Waals surface area contributed by atoms with E-state index in [4.69, 9.17) is 9.68 Å². The maximum absolute atomic E-state index is 8.63. The van der Waals surface area contributed by atoms with Crippen molar-refractivity contribution in [2.45, 2.75) is 26.4 Å². The highest BCUT2D eigenvalue weighted by atomic mass is 32.1. The molecule has 2 aromatic rings.